The first-order valence-corrected chi connectivity index (χ1v) is 2.57. The summed E-state index contributed by atoms with van der Waals surface area (Å²) >= 11 is 0. The molecule has 0 rings (SSSR count). The number of rotatable bonds is 2. The van der Waals surface area contributed by atoms with Gasteiger partial charge in [-0.05, 0) is 12.5 Å². The molecule has 0 aliphatic heterocycles. The van der Waals surface area contributed by atoms with Gasteiger partial charge in [0.25, 0.3) is 0 Å². The molecule has 0 N–H and O–H groups in total. The number of carbonyl (C=O) groups is 2. The molecule has 0 saturated carbocycles. The number of carboxylic acids is 2. The van der Waals surface area contributed by atoms with Crippen LogP contribution in [0.5, 0.6) is 0 Å². The maximum Gasteiger partial charge on any atom is 2.00 e. The van der Waals surface area contributed by atoms with E-state index in [0.29, 0.717) is 0 Å². The Bertz CT molecular complexity index is 133. The molecule has 0 heterocycles. The van der Waals surface area contributed by atoms with E-state index < -0.39 is 11.9 Å². The van der Waals surface area contributed by atoms with Crippen LogP contribution in [-0.2, 0) is 26.7 Å². The first kappa shape index (κ1) is 16.7. The topological polar surface area (TPSA) is 80.3 Å². The molecule has 5 heteroatoms. The van der Waals surface area contributed by atoms with Gasteiger partial charge in [0.05, 0.1) is 5.97 Å². The summed E-state index contributed by atoms with van der Waals surface area (Å²) in [6, 6.07) is 0. The van der Waals surface area contributed by atoms with Crippen molar-refractivity contribution in [1.82, 2.24) is 0 Å². The molecule has 0 aliphatic carbocycles. The van der Waals surface area contributed by atoms with Crippen molar-refractivity contribution < 1.29 is 36.9 Å². The Morgan fingerprint density at radius 2 is 1.64 bits per heavy atom. The van der Waals surface area contributed by atoms with Gasteiger partial charge < -0.3 is 19.8 Å². The average molecular weight is 208 g/mol. The molecule has 0 aromatic carbocycles. The van der Waals surface area contributed by atoms with E-state index in [9.17, 15) is 9.90 Å². The van der Waals surface area contributed by atoms with E-state index in [4.69, 9.17) is 9.90 Å². The van der Waals surface area contributed by atoms with Crippen LogP contribution in [0, 0.1) is 0 Å². The van der Waals surface area contributed by atoms with Crippen molar-refractivity contribution in [2.45, 2.75) is 13.3 Å². The minimum atomic E-state index is -1.23. The fourth-order valence-corrected chi connectivity index (χ4v) is 0. The molecule has 0 bridgehead atoms. The number of carboxylic acid groups (broad SMARTS) is 2. The minimum absolute atomic E-state index is 0. The Balaban J connectivity index is -0.000000107. The van der Waals surface area contributed by atoms with Crippen molar-refractivity contribution in [3.8, 4) is 0 Å². The third-order valence-corrected chi connectivity index (χ3v) is 0.455. The zero-order valence-electron chi connectivity index (χ0n) is 5.93. The van der Waals surface area contributed by atoms with Gasteiger partial charge in [-0.15, -0.1) is 0 Å². The van der Waals surface area contributed by atoms with Crippen LogP contribution in [0.1, 0.15) is 13.3 Å². The average Bonchev–Trinajstić information content (AvgIpc) is 1.89. The van der Waals surface area contributed by atoms with Crippen LogP contribution >= 0.6 is 0 Å². The smallest absolute Gasteiger partial charge is 0.550 e. The van der Waals surface area contributed by atoms with E-state index >= 15 is 0 Å². The van der Waals surface area contributed by atoms with Gasteiger partial charge in [0.1, 0.15) is 0 Å². The summed E-state index contributed by atoms with van der Waals surface area (Å²) in [4.78, 5) is 18.4. The zero-order chi connectivity index (χ0) is 8.57. The Morgan fingerprint density at radius 1 is 1.45 bits per heavy atom. The Morgan fingerprint density at radius 3 is 1.64 bits per heavy atom. The third kappa shape index (κ3) is 46.6. The molecule has 0 unspecified atom stereocenters. The monoisotopic (exact) mass is 207 g/mol. The fourth-order valence-electron chi connectivity index (χ4n) is 0. The van der Waals surface area contributed by atoms with E-state index in [-0.39, 0.29) is 23.5 Å². The van der Waals surface area contributed by atoms with E-state index in [1.165, 1.54) is 6.92 Å². The molecule has 67 valence electrons. The third-order valence-electron chi connectivity index (χ3n) is 0.455. The Hall–Kier alpha value is -0.801. The quantitative estimate of drug-likeness (QED) is 0.390. The van der Waals surface area contributed by atoms with Crippen LogP contribution in [0.2, 0.25) is 0 Å². The molecule has 11 heavy (non-hydrogen) atoms. The van der Waals surface area contributed by atoms with Crippen LogP contribution in [-0.4, -0.2) is 11.9 Å². The second-order valence-corrected chi connectivity index (χ2v) is 1.25. The molecule has 0 atom stereocenters. The molecule has 4 nitrogen and oxygen atoms in total. The summed E-state index contributed by atoms with van der Waals surface area (Å²) in [5.41, 5.74) is 0. The van der Waals surface area contributed by atoms with Crippen molar-refractivity contribution in [2.75, 3.05) is 0 Å². The summed E-state index contributed by atoms with van der Waals surface area (Å²) in [7, 11) is 0. The maximum absolute atomic E-state index is 9.26. The van der Waals surface area contributed by atoms with Gasteiger partial charge in [0, 0.05) is 5.97 Å². The van der Waals surface area contributed by atoms with Gasteiger partial charge in [-0.3, -0.25) is 0 Å². The van der Waals surface area contributed by atoms with E-state index in [0.717, 1.165) is 6.08 Å². The molecule has 0 aromatic rings. The van der Waals surface area contributed by atoms with Gasteiger partial charge in [0.2, 0.25) is 0 Å². The van der Waals surface area contributed by atoms with E-state index in [1.807, 2.05) is 0 Å². The molecular weight excluding hydrogens is 200 g/mol. The first-order chi connectivity index (χ1) is 4.54. The van der Waals surface area contributed by atoms with Crippen molar-refractivity contribution in [3.05, 3.63) is 12.7 Å². The minimum Gasteiger partial charge on any atom is -0.550 e. The predicted molar refractivity (Wildman–Crippen MR) is 30.5 cm³/mol. The standard InChI is InChI=1S/C3H6O2.C3H4O2.Cu/c2*1-2-3(4)5;/h2H2,1H3,(H,4,5);2H,1H2,(H,4,5);/q;;+2/p-2. The summed E-state index contributed by atoms with van der Waals surface area (Å²) in [6.45, 7) is 4.44. The molecule has 0 amide bonds. The van der Waals surface area contributed by atoms with Crippen LogP contribution in [0.4, 0.5) is 0 Å². The molecule has 1 radical (unpaired) electrons. The summed E-state index contributed by atoms with van der Waals surface area (Å²) < 4.78 is 0. The number of carbonyl (C=O) groups excluding carboxylic acids is 2. The molecule has 0 aromatic heterocycles. The zero-order valence-corrected chi connectivity index (χ0v) is 6.87. The molecular formula is C6H8CuO4. The van der Waals surface area contributed by atoms with Crippen LogP contribution in [0.3, 0.4) is 0 Å². The number of aliphatic carboxylic acids is 2. The summed E-state index contributed by atoms with van der Waals surface area (Å²) in [6.07, 6.45) is 0.833. The second kappa shape index (κ2) is 11.9. The van der Waals surface area contributed by atoms with Crippen molar-refractivity contribution in [3.63, 3.8) is 0 Å². The van der Waals surface area contributed by atoms with E-state index in [2.05, 4.69) is 6.58 Å². The predicted octanol–water partition coefficient (Wildman–Crippen LogP) is -1.93. The van der Waals surface area contributed by atoms with Crippen molar-refractivity contribution >= 4 is 11.9 Å². The van der Waals surface area contributed by atoms with Crippen molar-refractivity contribution in [1.29, 1.82) is 0 Å². The van der Waals surface area contributed by atoms with Crippen LogP contribution < -0.4 is 10.2 Å². The molecule has 0 saturated heterocycles. The molecule has 0 fully saturated rings. The number of hydrogen-bond donors (Lipinski definition) is 0. The summed E-state index contributed by atoms with van der Waals surface area (Å²) in [5.74, 6) is -2.23. The number of hydrogen-bond acceptors (Lipinski definition) is 4. The van der Waals surface area contributed by atoms with E-state index in [1.54, 1.807) is 0 Å². The van der Waals surface area contributed by atoms with Gasteiger partial charge in [-0.2, -0.15) is 0 Å². The van der Waals surface area contributed by atoms with Gasteiger partial charge in [-0.1, -0.05) is 13.5 Å². The Labute approximate surface area is 75.4 Å². The SMILES string of the molecule is C=CC(=O)[O-].CCC(=O)[O-].[Cu+2]. The van der Waals surface area contributed by atoms with Gasteiger partial charge >= 0.3 is 17.1 Å². The van der Waals surface area contributed by atoms with Crippen LogP contribution in [0.25, 0.3) is 0 Å². The largest absolute Gasteiger partial charge is 2.00 e. The molecule has 0 aliphatic rings. The summed E-state index contributed by atoms with van der Waals surface area (Å²) in [5, 5.41) is 18.4. The van der Waals surface area contributed by atoms with Crippen molar-refractivity contribution in [2.24, 2.45) is 0 Å². The van der Waals surface area contributed by atoms with Gasteiger partial charge in [-0.25, -0.2) is 0 Å². The second-order valence-electron chi connectivity index (χ2n) is 1.25. The molecule has 0 spiro atoms. The first-order valence-electron chi connectivity index (χ1n) is 2.57. The van der Waals surface area contributed by atoms with Gasteiger partial charge in [0.15, 0.2) is 0 Å². The normalized spacial score (nSPS) is 6.27. The maximum atomic E-state index is 9.26. The van der Waals surface area contributed by atoms with Crippen LogP contribution in [0.15, 0.2) is 12.7 Å². The fraction of sp³-hybridized carbons (Fsp3) is 0.333. The Kier molecular flexibility index (Phi) is 18.1.